The van der Waals surface area contributed by atoms with Crippen LogP contribution in [0.2, 0.25) is 0 Å². The van der Waals surface area contributed by atoms with E-state index in [9.17, 15) is 4.79 Å². The van der Waals surface area contributed by atoms with Gasteiger partial charge in [-0.05, 0) is 60.0 Å². The number of carbonyl (C=O) groups is 1. The van der Waals surface area contributed by atoms with Gasteiger partial charge in [-0.15, -0.1) is 5.10 Å². The molecule has 1 heterocycles. The van der Waals surface area contributed by atoms with Gasteiger partial charge in [-0.2, -0.15) is 4.68 Å². The zero-order valence-electron chi connectivity index (χ0n) is 15.1. The molecule has 1 N–H and O–H groups in total. The second-order valence-electron chi connectivity index (χ2n) is 6.00. The van der Waals surface area contributed by atoms with Crippen molar-refractivity contribution in [1.82, 2.24) is 20.2 Å². The number of methoxy groups -OCH3 is 1. The van der Waals surface area contributed by atoms with E-state index in [0.717, 1.165) is 22.6 Å². The molecule has 3 aromatic rings. The van der Waals surface area contributed by atoms with E-state index in [1.54, 1.807) is 11.8 Å². The molecule has 2 aromatic carbocycles. The first-order chi connectivity index (χ1) is 12.6. The Morgan fingerprint density at radius 2 is 2.00 bits per heavy atom. The van der Waals surface area contributed by atoms with Crippen LogP contribution < -0.4 is 10.1 Å². The minimum atomic E-state index is -0.0563. The molecule has 3 rings (SSSR count). The molecule has 0 bridgehead atoms. The number of ether oxygens (including phenoxy) is 1. The Bertz CT molecular complexity index is 920. The Hall–Kier alpha value is -3.22. The van der Waals surface area contributed by atoms with Crippen LogP contribution in [0.1, 0.15) is 23.4 Å². The first-order valence-corrected chi connectivity index (χ1v) is 8.36. The SMILES string of the molecule is COc1ccccc1CCC(=O)Nc1ccc(C)c(-n2nnnc2C)c1. The minimum Gasteiger partial charge on any atom is -0.496 e. The summed E-state index contributed by atoms with van der Waals surface area (Å²) in [5, 5.41) is 14.5. The Labute approximate surface area is 152 Å². The van der Waals surface area contributed by atoms with Gasteiger partial charge >= 0.3 is 0 Å². The van der Waals surface area contributed by atoms with E-state index in [2.05, 4.69) is 20.8 Å². The lowest BCUT2D eigenvalue weighted by Crippen LogP contribution is -2.13. The molecule has 0 aliphatic heterocycles. The number of hydrogen-bond donors (Lipinski definition) is 1. The van der Waals surface area contributed by atoms with Gasteiger partial charge in [0.15, 0.2) is 5.82 Å². The number of aromatic nitrogens is 4. The first kappa shape index (κ1) is 17.6. The maximum absolute atomic E-state index is 12.3. The summed E-state index contributed by atoms with van der Waals surface area (Å²) in [4.78, 5) is 12.3. The van der Waals surface area contributed by atoms with Crippen LogP contribution in [-0.4, -0.2) is 33.2 Å². The summed E-state index contributed by atoms with van der Waals surface area (Å²) in [5.74, 6) is 1.43. The van der Waals surface area contributed by atoms with Gasteiger partial charge in [0.2, 0.25) is 5.91 Å². The quantitative estimate of drug-likeness (QED) is 0.738. The second kappa shape index (κ2) is 7.77. The van der Waals surface area contributed by atoms with Crippen molar-refractivity contribution < 1.29 is 9.53 Å². The van der Waals surface area contributed by atoms with Crippen molar-refractivity contribution in [2.75, 3.05) is 12.4 Å². The number of benzene rings is 2. The molecule has 1 amide bonds. The number of carbonyl (C=O) groups excluding carboxylic acids is 1. The highest BCUT2D eigenvalue weighted by molar-refractivity contribution is 5.91. The van der Waals surface area contributed by atoms with Crippen LogP contribution in [0.3, 0.4) is 0 Å². The molecule has 7 nitrogen and oxygen atoms in total. The predicted molar refractivity (Wildman–Crippen MR) is 98.6 cm³/mol. The molecule has 7 heteroatoms. The van der Waals surface area contributed by atoms with Gasteiger partial charge in [-0.1, -0.05) is 24.3 Å². The molecule has 0 saturated carbocycles. The number of rotatable bonds is 6. The number of aryl methyl sites for hydroxylation is 3. The standard InChI is InChI=1S/C19H21N5O2/c1-13-8-10-16(12-17(13)24-14(2)21-22-23-24)20-19(25)11-9-15-6-4-5-7-18(15)26-3/h4-8,10,12H,9,11H2,1-3H3,(H,20,25). The van der Waals surface area contributed by atoms with Crippen LogP contribution in [0.15, 0.2) is 42.5 Å². The summed E-state index contributed by atoms with van der Waals surface area (Å²) in [5.41, 5.74) is 3.59. The van der Waals surface area contributed by atoms with Crippen molar-refractivity contribution in [3.63, 3.8) is 0 Å². The van der Waals surface area contributed by atoms with E-state index in [-0.39, 0.29) is 5.91 Å². The Kier molecular flexibility index (Phi) is 5.26. The fraction of sp³-hybridized carbons (Fsp3) is 0.263. The lowest BCUT2D eigenvalue weighted by Gasteiger charge is -2.11. The van der Waals surface area contributed by atoms with Crippen molar-refractivity contribution in [2.45, 2.75) is 26.7 Å². The van der Waals surface area contributed by atoms with E-state index in [1.165, 1.54) is 0 Å². The summed E-state index contributed by atoms with van der Waals surface area (Å²) < 4.78 is 6.98. The highest BCUT2D eigenvalue weighted by Crippen LogP contribution is 2.21. The third-order valence-electron chi connectivity index (χ3n) is 4.16. The molecular formula is C19H21N5O2. The third kappa shape index (κ3) is 3.88. The molecule has 0 radical (unpaired) electrons. The highest BCUT2D eigenvalue weighted by Gasteiger charge is 2.10. The van der Waals surface area contributed by atoms with E-state index in [1.807, 2.05) is 56.3 Å². The second-order valence-corrected chi connectivity index (χ2v) is 6.00. The minimum absolute atomic E-state index is 0.0563. The number of amides is 1. The van der Waals surface area contributed by atoms with Crippen molar-refractivity contribution in [3.8, 4) is 11.4 Å². The smallest absolute Gasteiger partial charge is 0.224 e. The highest BCUT2D eigenvalue weighted by atomic mass is 16.5. The number of para-hydroxylation sites is 1. The largest absolute Gasteiger partial charge is 0.496 e. The molecule has 0 aliphatic rings. The van der Waals surface area contributed by atoms with Gasteiger partial charge in [0.05, 0.1) is 12.8 Å². The van der Waals surface area contributed by atoms with E-state index in [0.29, 0.717) is 24.4 Å². The number of anilines is 1. The zero-order valence-corrected chi connectivity index (χ0v) is 15.1. The number of tetrazole rings is 1. The van der Waals surface area contributed by atoms with Gasteiger partial charge in [-0.3, -0.25) is 4.79 Å². The van der Waals surface area contributed by atoms with Crippen LogP contribution in [0.25, 0.3) is 5.69 Å². The van der Waals surface area contributed by atoms with Gasteiger partial charge in [0.25, 0.3) is 0 Å². The van der Waals surface area contributed by atoms with E-state index < -0.39 is 0 Å². The topological polar surface area (TPSA) is 81.9 Å². The molecule has 0 fully saturated rings. The first-order valence-electron chi connectivity index (χ1n) is 8.36. The van der Waals surface area contributed by atoms with Crippen LogP contribution in [0.4, 0.5) is 5.69 Å². The molecule has 26 heavy (non-hydrogen) atoms. The number of nitrogens with one attached hydrogen (secondary N) is 1. The molecule has 134 valence electrons. The number of hydrogen-bond acceptors (Lipinski definition) is 5. The predicted octanol–water partition coefficient (Wildman–Crippen LogP) is 2.86. The summed E-state index contributed by atoms with van der Waals surface area (Å²) in [6.07, 6.45) is 0.980. The third-order valence-corrected chi connectivity index (χ3v) is 4.16. The Morgan fingerprint density at radius 3 is 2.73 bits per heavy atom. The van der Waals surface area contributed by atoms with Gasteiger partial charge in [-0.25, -0.2) is 0 Å². The summed E-state index contributed by atoms with van der Waals surface area (Å²) in [6.45, 7) is 3.81. The van der Waals surface area contributed by atoms with E-state index >= 15 is 0 Å². The van der Waals surface area contributed by atoms with Gasteiger partial charge < -0.3 is 10.1 Å². The Morgan fingerprint density at radius 1 is 1.19 bits per heavy atom. The van der Waals surface area contributed by atoms with Crippen molar-refractivity contribution in [2.24, 2.45) is 0 Å². The van der Waals surface area contributed by atoms with Gasteiger partial charge in [0.1, 0.15) is 5.75 Å². The van der Waals surface area contributed by atoms with Crippen LogP contribution >= 0.6 is 0 Å². The molecule has 0 atom stereocenters. The van der Waals surface area contributed by atoms with Crippen LogP contribution in [-0.2, 0) is 11.2 Å². The monoisotopic (exact) mass is 351 g/mol. The molecule has 0 spiro atoms. The Balaban J connectivity index is 1.69. The lowest BCUT2D eigenvalue weighted by atomic mass is 10.1. The van der Waals surface area contributed by atoms with Crippen molar-refractivity contribution >= 4 is 11.6 Å². The fourth-order valence-electron chi connectivity index (χ4n) is 2.75. The summed E-state index contributed by atoms with van der Waals surface area (Å²) in [7, 11) is 1.63. The fourth-order valence-corrected chi connectivity index (χ4v) is 2.75. The van der Waals surface area contributed by atoms with E-state index in [4.69, 9.17) is 4.74 Å². The summed E-state index contributed by atoms with van der Waals surface area (Å²) >= 11 is 0. The summed E-state index contributed by atoms with van der Waals surface area (Å²) in [6, 6.07) is 13.4. The van der Waals surface area contributed by atoms with Crippen molar-refractivity contribution in [3.05, 3.63) is 59.4 Å². The molecule has 0 saturated heterocycles. The zero-order chi connectivity index (χ0) is 18.5. The lowest BCUT2D eigenvalue weighted by molar-refractivity contribution is -0.116. The van der Waals surface area contributed by atoms with Crippen molar-refractivity contribution in [1.29, 1.82) is 0 Å². The average Bonchev–Trinajstić information content (AvgIpc) is 3.07. The maximum atomic E-state index is 12.3. The van der Waals surface area contributed by atoms with Gasteiger partial charge in [0, 0.05) is 12.1 Å². The molecule has 0 unspecified atom stereocenters. The maximum Gasteiger partial charge on any atom is 0.224 e. The normalized spacial score (nSPS) is 10.6. The average molecular weight is 351 g/mol. The number of nitrogens with zero attached hydrogens (tertiary/aromatic N) is 4. The van der Waals surface area contributed by atoms with Crippen LogP contribution in [0, 0.1) is 13.8 Å². The molecule has 1 aromatic heterocycles. The van der Waals surface area contributed by atoms with Crippen LogP contribution in [0.5, 0.6) is 5.75 Å². The molecular weight excluding hydrogens is 330 g/mol. The molecule has 0 aliphatic carbocycles.